The van der Waals surface area contributed by atoms with E-state index in [9.17, 15) is 4.79 Å². The summed E-state index contributed by atoms with van der Waals surface area (Å²) in [6.45, 7) is 8.78. The number of likely N-dealkylation sites (tertiary alicyclic amines) is 1. The normalized spacial score (nSPS) is 17.2. The van der Waals surface area contributed by atoms with Crippen LogP contribution in [0.5, 0.6) is 0 Å². The van der Waals surface area contributed by atoms with Crippen LogP contribution in [-0.2, 0) is 6.54 Å². The molecule has 106 valence electrons. The summed E-state index contributed by atoms with van der Waals surface area (Å²) in [5, 5.41) is 3.28. The van der Waals surface area contributed by atoms with Gasteiger partial charge >= 0.3 is 0 Å². The first-order chi connectivity index (χ1) is 9.06. The monoisotopic (exact) mass is 264 g/mol. The van der Waals surface area contributed by atoms with Gasteiger partial charge < -0.3 is 14.6 Å². The highest BCUT2D eigenvalue weighted by Crippen LogP contribution is 2.19. The van der Waals surface area contributed by atoms with Crippen molar-refractivity contribution in [3.63, 3.8) is 0 Å². The van der Waals surface area contributed by atoms with Crippen LogP contribution in [0.15, 0.2) is 16.5 Å². The zero-order chi connectivity index (χ0) is 13.8. The number of furan rings is 1. The number of carbonyl (C=O) groups is 1. The maximum absolute atomic E-state index is 12.3. The Bertz CT molecular complexity index is 418. The Morgan fingerprint density at radius 2 is 2.11 bits per heavy atom. The van der Waals surface area contributed by atoms with E-state index in [1.165, 1.54) is 0 Å². The van der Waals surface area contributed by atoms with Crippen molar-refractivity contribution in [1.29, 1.82) is 0 Å². The van der Waals surface area contributed by atoms with Gasteiger partial charge in [0.2, 0.25) is 0 Å². The van der Waals surface area contributed by atoms with Crippen LogP contribution < -0.4 is 5.32 Å². The molecule has 0 radical (unpaired) electrons. The van der Waals surface area contributed by atoms with Gasteiger partial charge in [0.1, 0.15) is 5.76 Å². The lowest BCUT2D eigenvalue weighted by molar-refractivity contribution is 0.0663. The molecule has 1 saturated heterocycles. The molecule has 1 N–H and O–H groups in total. The van der Waals surface area contributed by atoms with E-state index in [1.54, 1.807) is 6.07 Å². The Morgan fingerprint density at radius 1 is 1.42 bits per heavy atom. The fraction of sp³-hybridized carbons (Fsp3) is 0.667. The molecule has 0 aromatic carbocycles. The third kappa shape index (κ3) is 3.83. The van der Waals surface area contributed by atoms with E-state index in [0.717, 1.165) is 37.6 Å². The molecule has 1 aliphatic rings. The van der Waals surface area contributed by atoms with Gasteiger partial charge in [-0.15, -0.1) is 0 Å². The van der Waals surface area contributed by atoms with Crippen LogP contribution in [0, 0.1) is 5.92 Å². The zero-order valence-electron chi connectivity index (χ0n) is 12.1. The van der Waals surface area contributed by atoms with E-state index in [2.05, 4.69) is 26.1 Å². The lowest BCUT2D eigenvalue weighted by Crippen LogP contribution is -2.37. The molecule has 1 aromatic heterocycles. The molecule has 0 aliphatic carbocycles. The fourth-order valence-electron chi connectivity index (χ4n) is 2.26. The number of amides is 1. The average molecular weight is 264 g/mol. The molecule has 4 nitrogen and oxygen atoms in total. The van der Waals surface area contributed by atoms with Gasteiger partial charge in [-0.25, -0.2) is 0 Å². The first-order valence-electron chi connectivity index (χ1n) is 7.17. The van der Waals surface area contributed by atoms with Crippen LogP contribution in [0.25, 0.3) is 0 Å². The number of rotatable bonds is 4. The van der Waals surface area contributed by atoms with Crippen LogP contribution in [0.2, 0.25) is 0 Å². The minimum atomic E-state index is 0.0303. The number of carbonyl (C=O) groups excluding carboxylic acids is 1. The van der Waals surface area contributed by atoms with Crippen molar-refractivity contribution in [2.45, 2.75) is 46.2 Å². The van der Waals surface area contributed by atoms with E-state index in [1.807, 2.05) is 11.0 Å². The summed E-state index contributed by atoms with van der Waals surface area (Å²) in [6.07, 6.45) is 2.18. The number of piperidine rings is 1. The van der Waals surface area contributed by atoms with Gasteiger partial charge in [-0.05, 0) is 30.9 Å². The van der Waals surface area contributed by atoms with Crippen molar-refractivity contribution < 1.29 is 9.21 Å². The van der Waals surface area contributed by atoms with Crippen molar-refractivity contribution in [1.82, 2.24) is 10.2 Å². The molecule has 0 saturated carbocycles. The predicted molar refractivity (Wildman–Crippen MR) is 75.0 cm³/mol. The van der Waals surface area contributed by atoms with Crippen molar-refractivity contribution in [2.24, 2.45) is 5.92 Å². The minimum Gasteiger partial charge on any atom is -0.455 e. The number of hydrogen-bond donors (Lipinski definition) is 1. The van der Waals surface area contributed by atoms with Gasteiger partial charge in [0.15, 0.2) is 5.76 Å². The Balaban J connectivity index is 1.92. The average Bonchev–Trinajstić information content (AvgIpc) is 2.85. The summed E-state index contributed by atoms with van der Waals surface area (Å²) < 4.78 is 5.62. The van der Waals surface area contributed by atoms with Gasteiger partial charge in [0, 0.05) is 19.1 Å². The summed E-state index contributed by atoms with van der Waals surface area (Å²) in [6, 6.07) is 4.08. The summed E-state index contributed by atoms with van der Waals surface area (Å²) in [7, 11) is 0. The molecule has 2 heterocycles. The zero-order valence-corrected chi connectivity index (χ0v) is 12.1. The molecule has 4 heteroatoms. The quantitative estimate of drug-likeness (QED) is 0.909. The molecule has 0 unspecified atom stereocenters. The molecule has 1 aromatic rings. The van der Waals surface area contributed by atoms with Crippen LogP contribution in [-0.4, -0.2) is 29.9 Å². The van der Waals surface area contributed by atoms with Gasteiger partial charge in [-0.1, -0.05) is 20.8 Å². The molecule has 0 bridgehead atoms. The largest absolute Gasteiger partial charge is 0.455 e. The second-order valence-corrected chi connectivity index (χ2v) is 5.78. The highest BCUT2D eigenvalue weighted by atomic mass is 16.4. The molecule has 0 spiro atoms. The second-order valence-electron chi connectivity index (χ2n) is 5.78. The van der Waals surface area contributed by atoms with Crippen molar-refractivity contribution in [3.05, 3.63) is 23.7 Å². The van der Waals surface area contributed by atoms with Crippen LogP contribution in [0.3, 0.4) is 0 Å². The van der Waals surface area contributed by atoms with Crippen molar-refractivity contribution in [2.75, 3.05) is 13.1 Å². The molecule has 1 amide bonds. The van der Waals surface area contributed by atoms with Crippen molar-refractivity contribution >= 4 is 5.91 Å². The highest BCUT2D eigenvalue weighted by Gasteiger charge is 2.23. The predicted octanol–water partition coefficient (Wildman–Crippen LogP) is 2.65. The topological polar surface area (TPSA) is 45.5 Å². The molecule has 1 fully saturated rings. The van der Waals surface area contributed by atoms with E-state index < -0.39 is 0 Å². The number of nitrogens with zero attached hydrogens (tertiary/aromatic N) is 1. The van der Waals surface area contributed by atoms with Gasteiger partial charge in [-0.3, -0.25) is 4.79 Å². The molecule has 0 atom stereocenters. The Kier molecular flexibility index (Phi) is 4.64. The molecule has 1 aliphatic heterocycles. The highest BCUT2D eigenvalue weighted by molar-refractivity contribution is 5.91. The van der Waals surface area contributed by atoms with Crippen LogP contribution >= 0.6 is 0 Å². The Hall–Kier alpha value is -1.29. The lowest BCUT2D eigenvalue weighted by Gasteiger charge is -2.29. The van der Waals surface area contributed by atoms with E-state index >= 15 is 0 Å². The van der Waals surface area contributed by atoms with Gasteiger partial charge in [0.25, 0.3) is 5.91 Å². The molecular weight excluding hydrogens is 240 g/mol. The SMILES string of the molecule is CC1CCN(C(=O)c2ccc(CNC(C)C)o2)CC1. The molecule has 2 rings (SSSR count). The van der Waals surface area contributed by atoms with E-state index in [-0.39, 0.29) is 5.91 Å². The maximum Gasteiger partial charge on any atom is 0.289 e. The fourth-order valence-corrected chi connectivity index (χ4v) is 2.26. The second kappa shape index (κ2) is 6.24. The molecular formula is C15H24N2O2. The summed E-state index contributed by atoms with van der Waals surface area (Å²) in [5.41, 5.74) is 0. The third-order valence-electron chi connectivity index (χ3n) is 3.63. The van der Waals surface area contributed by atoms with E-state index in [4.69, 9.17) is 4.42 Å². The van der Waals surface area contributed by atoms with Crippen LogP contribution in [0.1, 0.15) is 49.9 Å². The first-order valence-corrected chi connectivity index (χ1v) is 7.17. The summed E-state index contributed by atoms with van der Waals surface area (Å²) >= 11 is 0. The van der Waals surface area contributed by atoms with Crippen molar-refractivity contribution in [3.8, 4) is 0 Å². The maximum atomic E-state index is 12.3. The minimum absolute atomic E-state index is 0.0303. The lowest BCUT2D eigenvalue weighted by atomic mass is 9.99. The Morgan fingerprint density at radius 3 is 2.74 bits per heavy atom. The number of hydrogen-bond acceptors (Lipinski definition) is 3. The first kappa shape index (κ1) is 14.1. The summed E-state index contributed by atoms with van der Waals surface area (Å²) in [5.74, 6) is 2.05. The smallest absolute Gasteiger partial charge is 0.289 e. The van der Waals surface area contributed by atoms with Gasteiger partial charge in [0.05, 0.1) is 6.54 Å². The van der Waals surface area contributed by atoms with Gasteiger partial charge in [-0.2, -0.15) is 0 Å². The standard InChI is InChI=1S/C15H24N2O2/c1-11(2)16-10-13-4-5-14(19-13)15(18)17-8-6-12(3)7-9-17/h4-5,11-12,16H,6-10H2,1-3H3. The number of nitrogens with one attached hydrogen (secondary N) is 1. The third-order valence-corrected chi connectivity index (χ3v) is 3.63. The van der Waals surface area contributed by atoms with Crippen LogP contribution in [0.4, 0.5) is 0 Å². The molecule has 19 heavy (non-hydrogen) atoms. The Labute approximate surface area is 115 Å². The van der Waals surface area contributed by atoms with E-state index in [0.29, 0.717) is 18.3 Å². The summed E-state index contributed by atoms with van der Waals surface area (Å²) in [4.78, 5) is 14.2.